The van der Waals surface area contributed by atoms with E-state index < -0.39 is 5.97 Å². The fraction of sp³-hybridized carbons (Fsp3) is 0.158. The summed E-state index contributed by atoms with van der Waals surface area (Å²) in [5.41, 5.74) is 4.15. The number of carbonyl (C=O) groups is 1. The monoisotopic (exact) mass is 374 g/mol. The van der Waals surface area contributed by atoms with E-state index in [0.29, 0.717) is 16.6 Å². The molecule has 0 atom stereocenters. The van der Waals surface area contributed by atoms with E-state index in [4.69, 9.17) is 27.9 Å². The maximum atomic E-state index is 11.9. The molecule has 128 valence electrons. The molecule has 0 bridgehead atoms. The minimum atomic E-state index is -0.471. The van der Waals surface area contributed by atoms with Gasteiger partial charge in [0.2, 0.25) is 0 Å². The Kier molecular flexibility index (Phi) is 5.11. The second-order valence-corrected chi connectivity index (χ2v) is 6.49. The second kappa shape index (κ2) is 7.30. The molecule has 6 heteroatoms. The molecule has 0 aliphatic rings. The van der Waals surface area contributed by atoms with Gasteiger partial charge in [-0.25, -0.2) is 4.79 Å². The van der Waals surface area contributed by atoms with Crippen LogP contribution >= 0.6 is 23.2 Å². The summed E-state index contributed by atoms with van der Waals surface area (Å²) in [6.07, 6.45) is 0. The lowest BCUT2D eigenvalue weighted by Gasteiger charge is -2.09. The van der Waals surface area contributed by atoms with E-state index in [9.17, 15) is 4.79 Å². The SMILES string of the molecule is COC(=O)c1cc(-c2ccc(C)cc2)n(Cc2ccc(Cl)c(Cl)c2)n1. The number of benzene rings is 2. The van der Waals surface area contributed by atoms with Crippen LogP contribution in [0.15, 0.2) is 48.5 Å². The number of hydrogen-bond acceptors (Lipinski definition) is 3. The van der Waals surface area contributed by atoms with Gasteiger partial charge in [0.25, 0.3) is 0 Å². The highest BCUT2D eigenvalue weighted by Crippen LogP contribution is 2.26. The number of nitrogens with zero attached hydrogens (tertiary/aromatic N) is 2. The first-order valence-electron chi connectivity index (χ1n) is 7.65. The maximum absolute atomic E-state index is 11.9. The van der Waals surface area contributed by atoms with Crippen LogP contribution in [-0.4, -0.2) is 22.9 Å². The smallest absolute Gasteiger partial charge is 0.358 e. The van der Waals surface area contributed by atoms with Gasteiger partial charge in [-0.05, 0) is 36.2 Å². The molecule has 0 fully saturated rings. The molecule has 1 aromatic heterocycles. The van der Waals surface area contributed by atoms with Gasteiger partial charge in [0.15, 0.2) is 5.69 Å². The Morgan fingerprint density at radius 1 is 1.08 bits per heavy atom. The van der Waals surface area contributed by atoms with E-state index >= 15 is 0 Å². The summed E-state index contributed by atoms with van der Waals surface area (Å²) in [5.74, 6) is -0.471. The standard InChI is InChI=1S/C19H16Cl2N2O2/c1-12-3-6-14(7-4-12)18-10-17(19(24)25-2)22-23(18)11-13-5-8-15(20)16(21)9-13/h3-10H,11H2,1-2H3. The molecule has 2 aromatic carbocycles. The lowest BCUT2D eigenvalue weighted by Crippen LogP contribution is -2.07. The first-order chi connectivity index (χ1) is 12.0. The van der Waals surface area contributed by atoms with E-state index in [2.05, 4.69) is 5.10 Å². The molecule has 0 saturated heterocycles. The number of halogens is 2. The predicted octanol–water partition coefficient (Wildman–Crippen LogP) is 5.00. The highest BCUT2D eigenvalue weighted by atomic mass is 35.5. The minimum Gasteiger partial charge on any atom is -0.464 e. The third-order valence-corrected chi connectivity index (χ3v) is 4.58. The molecule has 0 amide bonds. The van der Waals surface area contributed by atoms with Crippen LogP contribution in [0.4, 0.5) is 0 Å². The first kappa shape index (κ1) is 17.5. The summed E-state index contributed by atoms with van der Waals surface area (Å²) in [4.78, 5) is 11.9. The van der Waals surface area contributed by atoms with Crippen molar-refractivity contribution in [2.45, 2.75) is 13.5 Å². The summed E-state index contributed by atoms with van der Waals surface area (Å²) in [6.45, 7) is 2.48. The van der Waals surface area contributed by atoms with Gasteiger partial charge < -0.3 is 4.74 Å². The Morgan fingerprint density at radius 3 is 2.44 bits per heavy atom. The summed E-state index contributed by atoms with van der Waals surface area (Å²) >= 11 is 12.1. The molecule has 3 rings (SSSR count). The Hall–Kier alpha value is -2.30. The van der Waals surface area contributed by atoms with Crippen molar-refractivity contribution in [3.63, 3.8) is 0 Å². The van der Waals surface area contributed by atoms with Crippen molar-refractivity contribution in [3.05, 3.63) is 75.4 Å². The van der Waals surface area contributed by atoms with Gasteiger partial charge in [0.1, 0.15) is 0 Å². The van der Waals surface area contributed by atoms with Crippen LogP contribution in [0.1, 0.15) is 21.6 Å². The molecular weight excluding hydrogens is 359 g/mol. The summed E-state index contributed by atoms with van der Waals surface area (Å²) in [7, 11) is 1.34. The van der Waals surface area contributed by atoms with E-state index in [1.54, 1.807) is 22.9 Å². The predicted molar refractivity (Wildman–Crippen MR) is 99.3 cm³/mol. The van der Waals surface area contributed by atoms with Gasteiger partial charge >= 0.3 is 5.97 Å². The Morgan fingerprint density at radius 2 is 1.80 bits per heavy atom. The molecule has 0 aliphatic heterocycles. The zero-order valence-corrected chi connectivity index (χ0v) is 15.3. The number of aromatic nitrogens is 2. The van der Waals surface area contributed by atoms with Gasteiger partial charge in [-0.15, -0.1) is 0 Å². The van der Waals surface area contributed by atoms with Crippen molar-refractivity contribution in [1.29, 1.82) is 0 Å². The van der Waals surface area contributed by atoms with Crippen LogP contribution in [0, 0.1) is 6.92 Å². The van der Waals surface area contributed by atoms with Crippen molar-refractivity contribution in [2.75, 3.05) is 7.11 Å². The van der Waals surface area contributed by atoms with Crippen molar-refractivity contribution < 1.29 is 9.53 Å². The number of methoxy groups -OCH3 is 1. The van der Waals surface area contributed by atoms with E-state index in [1.807, 2.05) is 37.3 Å². The fourth-order valence-electron chi connectivity index (χ4n) is 2.51. The average Bonchev–Trinajstić information content (AvgIpc) is 3.02. The van der Waals surface area contributed by atoms with Crippen LogP contribution in [-0.2, 0) is 11.3 Å². The van der Waals surface area contributed by atoms with Crippen molar-refractivity contribution in [2.24, 2.45) is 0 Å². The third kappa shape index (κ3) is 3.86. The first-order valence-corrected chi connectivity index (χ1v) is 8.40. The number of carbonyl (C=O) groups excluding carboxylic acids is 1. The van der Waals surface area contributed by atoms with Crippen molar-refractivity contribution in [3.8, 4) is 11.3 Å². The Bertz CT molecular complexity index is 918. The molecule has 1 heterocycles. The molecule has 25 heavy (non-hydrogen) atoms. The molecule has 0 saturated carbocycles. The molecule has 0 N–H and O–H groups in total. The van der Waals surface area contributed by atoms with Gasteiger partial charge in [-0.1, -0.05) is 59.1 Å². The van der Waals surface area contributed by atoms with Crippen LogP contribution in [0.2, 0.25) is 10.0 Å². The molecular formula is C19H16Cl2N2O2. The summed E-state index contributed by atoms with van der Waals surface area (Å²) in [6, 6.07) is 15.2. The normalized spacial score (nSPS) is 10.7. The Labute approximate surface area is 155 Å². The lowest BCUT2D eigenvalue weighted by molar-refractivity contribution is 0.0593. The lowest BCUT2D eigenvalue weighted by atomic mass is 10.1. The topological polar surface area (TPSA) is 44.1 Å². The molecule has 4 nitrogen and oxygen atoms in total. The fourth-order valence-corrected chi connectivity index (χ4v) is 2.83. The van der Waals surface area contributed by atoms with Gasteiger partial charge in [-0.2, -0.15) is 5.10 Å². The van der Waals surface area contributed by atoms with Crippen LogP contribution < -0.4 is 0 Å². The second-order valence-electron chi connectivity index (χ2n) is 5.68. The van der Waals surface area contributed by atoms with Crippen LogP contribution in [0.25, 0.3) is 11.3 Å². The number of aryl methyl sites for hydroxylation is 1. The van der Waals surface area contributed by atoms with Crippen LogP contribution in [0.5, 0.6) is 0 Å². The quantitative estimate of drug-likeness (QED) is 0.603. The Balaban J connectivity index is 2.03. The molecule has 0 aliphatic carbocycles. The van der Waals surface area contributed by atoms with E-state index in [-0.39, 0.29) is 5.69 Å². The average molecular weight is 375 g/mol. The number of rotatable bonds is 4. The van der Waals surface area contributed by atoms with Gasteiger partial charge in [-0.3, -0.25) is 4.68 Å². The number of hydrogen-bond donors (Lipinski definition) is 0. The molecule has 0 unspecified atom stereocenters. The minimum absolute atomic E-state index is 0.262. The van der Waals surface area contributed by atoms with Crippen molar-refractivity contribution in [1.82, 2.24) is 9.78 Å². The summed E-state index contributed by atoms with van der Waals surface area (Å²) < 4.78 is 6.55. The van der Waals surface area contributed by atoms with Crippen LogP contribution in [0.3, 0.4) is 0 Å². The molecule has 0 spiro atoms. The summed E-state index contributed by atoms with van der Waals surface area (Å²) in [5, 5.41) is 5.38. The zero-order valence-electron chi connectivity index (χ0n) is 13.8. The highest BCUT2D eigenvalue weighted by Gasteiger charge is 2.16. The highest BCUT2D eigenvalue weighted by molar-refractivity contribution is 6.42. The van der Waals surface area contributed by atoms with E-state index in [0.717, 1.165) is 22.4 Å². The molecule has 3 aromatic rings. The zero-order chi connectivity index (χ0) is 18.0. The third-order valence-electron chi connectivity index (χ3n) is 3.84. The molecule has 0 radical (unpaired) electrons. The maximum Gasteiger partial charge on any atom is 0.358 e. The largest absolute Gasteiger partial charge is 0.464 e. The van der Waals surface area contributed by atoms with Gasteiger partial charge in [0.05, 0.1) is 29.4 Å². The van der Waals surface area contributed by atoms with E-state index in [1.165, 1.54) is 7.11 Å². The number of ether oxygens (including phenoxy) is 1. The van der Waals surface area contributed by atoms with Crippen molar-refractivity contribution >= 4 is 29.2 Å². The van der Waals surface area contributed by atoms with Gasteiger partial charge in [0, 0.05) is 0 Å². The number of esters is 1.